The van der Waals surface area contributed by atoms with E-state index in [9.17, 15) is 0 Å². The number of benzene rings is 1. The molecular weight excluding hydrogens is 262 g/mol. The van der Waals surface area contributed by atoms with Crippen molar-refractivity contribution >= 4 is 5.82 Å². The predicted octanol–water partition coefficient (Wildman–Crippen LogP) is 3.55. The van der Waals surface area contributed by atoms with E-state index in [0.29, 0.717) is 5.82 Å². The summed E-state index contributed by atoms with van der Waals surface area (Å²) in [7, 11) is 3.55. The van der Waals surface area contributed by atoms with Gasteiger partial charge < -0.3 is 10.1 Å². The Kier molecular flexibility index (Phi) is 4.58. The number of nitrogens with one attached hydrogen (secondary N) is 1. The third-order valence-corrected chi connectivity index (χ3v) is 3.34. The van der Waals surface area contributed by atoms with E-state index in [-0.39, 0.29) is 11.5 Å². The summed E-state index contributed by atoms with van der Waals surface area (Å²) in [4.78, 5) is 9.29. The van der Waals surface area contributed by atoms with Gasteiger partial charge in [-0.15, -0.1) is 0 Å². The van der Waals surface area contributed by atoms with Crippen molar-refractivity contribution in [2.45, 2.75) is 32.3 Å². The molecule has 2 aromatic rings. The molecule has 4 heteroatoms. The Morgan fingerprint density at radius 3 is 2.29 bits per heavy atom. The number of rotatable bonds is 4. The highest BCUT2D eigenvalue weighted by atomic mass is 16.5. The maximum atomic E-state index is 5.64. The molecule has 0 saturated heterocycles. The number of anilines is 1. The van der Waals surface area contributed by atoms with E-state index >= 15 is 0 Å². The molecule has 0 aliphatic carbocycles. The van der Waals surface area contributed by atoms with Crippen LogP contribution in [0.5, 0.6) is 0 Å². The minimum Gasteiger partial charge on any atom is -0.373 e. The molecule has 4 nitrogen and oxygen atoms in total. The van der Waals surface area contributed by atoms with Crippen LogP contribution in [0.15, 0.2) is 36.4 Å². The molecule has 1 aromatic heterocycles. The lowest BCUT2D eigenvalue weighted by Gasteiger charge is -2.22. The van der Waals surface area contributed by atoms with Crippen molar-refractivity contribution in [1.82, 2.24) is 9.97 Å². The fraction of sp³-hybridized carbons (Fsp3) is 0.412. The molecule has 1 atom stereocenters. The molecule has 0 radical (unpaired) electrons. The second kappa shape index (κ2) is 6.22. The first-order valence-corrected chi connectivity index (χ1v) is 7.10. The van der Waals surface area contributed by atoms with Gasteiger partial charge in [-0.1, -0.05) is 51.1 Å². The molecule has 0 fully saturated rings. The fourth-order valence-electron chi connectivity index (χ4n) is 2.11. The topological polar surface area (TPSA) is 47.0 Å². The Morgan fingerprint density at radius 2 is 1.76 bits per heavy atom. The molecule has 0 bridgehead atoms. The van der Waals surface area contributed by atoms with Gasteiger partial charge in [0.05, 0.1) is 5.69 Å². The van der Waals surface area contributed by atoms with E-state index in [2.05, 4.69) is 31.1 Å². The molecule has 1 unspecified atom stereocenters. The maximum Gasteiger partial charge on any atom is 0.164 e. The standard InChI is InChI=1S/C17H23N3O/c1-17(2,3)13-11-14(18-4)20-16(19-13)15(21-5)12-9-7-6-8-10-12/h6-11,15H,1-5H3,(H,18,19,20). The maximum absolute atomic E-state index is 5.64. The Morgan fingerprint density at radius 1 is 1.10 bits per heavy atom. The predicted molar refractivity (Wildman–Crippen MR) is 85.6 cm³/mol. The van der Waals surface area contributed by atoms with Gasteiger partial charge in [0.15, 0.2) is 5.82 Å². The third kappa shape index (κ3) is 3.58. The van der Waals surface area contributed by atoms with Gasteiger partial charge in [-0.3, -0.25) is 0 Å². The summed E-state index contributed by atoms with van der Waals surface area (Å²) in [6.45, 7) is 6.43. The molecular formula is C17H23N3O. The minimum atomic E-state index is -0.263. The molecule has 0 aliphatic rings. The second-order valence-corrected chi connectivity index (χ2v) is 6.02. The fourth-order valence-corrected chi connectivity index (χ4v) is 2.11. The smallest absolute Gasteiger partial charge is 0.164 e. The van der Waals surface area contributed by atoms with E-state index in [1.54, 1.807) is 7.11 Å². The Hall–Kier alpha value is -1.94. The van der Waals surface area contributed by atoms with E-state index < -0.39 is 0 Å². The molecule has 0 aliphatic heterocycles. The highest BCUT2D eigenvalue weighted by molar-refractivity contribution is 5.38. The highest BCUT2D eigenvalue weighted by Gasteiger charge is 2.22. The largest absolute Gasteiger partial charge is 0.373 e. The zero-order chi connectivity index (χ0) is 15.5. The van der Waals surface area contributed by atoms with Crippen molar-refractivity contribution in [2.75, 3.05) is 19.5 Å². The quantitative estimate of drug-likeness (QED) is 0.933. The number of nitrogens with zero attached hydrogens (tertiary/aromatic N) is 2. The van der Waals surface area contributed by atoms with Crippen LogP contribution in [0.2, 0.25) is 0 Å². The Balaban J connectivity index is 2.51. The lowest BCUT2D eigenvalue weighted by Crippen LogP contribution is -2.18. The highest BCUT2D eigenvalue weighted by Crippen LogP contribution is 2.27. The first-order chi connectivity index (χ1) is 9.95. The van der Waals surface area contributed by atoms with Gasteiger partial charge in [-0.25, -0.2) is 9.97 Å². The van der Waals surface area contributed by atoms with Crippen molar-refractivity contribution in [2.24, 2.45) is 0 Å². The molecule has 112 valence electrons. The van der Waals surface area contributed by atoms with Gasteiger partial charge in [-0.05, 0) is 5.56 Å². The number of hydrogen-bond donors (Lipinski definition) is 1. The SMILES string of the molecule is CNc1cc(C(C)(C)C)nc(C(OC)c2ccccc2)n1. The lowest BCUT2D eigenvalue weighted by molar-refractivity contribution is 0.128. The zero-order valence-corrected chi connectivity index (χ0v) is 13.3. The van der Waals surface area contributed by atoms with Crippen LogP contribution in [-0.4, -0.2) is 24.1 Å². The molecule has 0 amide bonds. The van der Waals surface area contributed by atoms with Crippen LogP contribution in [0.1, 0.15) is 44.0 Å². The summed E-state index contributed by atoms with van der Waals surface area (Å²) in [5.41, 5.74) is 2.00. The number of methoxy groups -OCH3 is 1. The van der Waals surface area contributed by atoms with Crippen molar-refractivity contribution in [3.63, 3.8) is 0 Å². The van der Waals surface area contributed by atoms with Crippen LogP contribution in [0.4, 0.5) is 5.82 Å². The van der Waals surface area contributed by atoms with Crippen molar-refractivity contribution in [3.8, 4) is 0 Å². The average molecular weight is 285 g/mol. The lowest BCUT2D eigenvalue weighted by atomic mass is 9.91. The first-order valence-electron chi connectivity index (χ1n) is 7.10. The second-order valence-electron chi connectivity index (χ2n) is 6.02. The van der Waals surface area contributed by atoms with Gasteiger partial charge in [-0.2, -0.15) is 0 Å². The van der Waals surface area contributed by atoms with E-state index in [0.717, 1.165) is 17.1 Å². The van der Waals surface area contributed by atoms with Crippen LogP contribution < -0.4 is 5.32 Å². The van der Waals surface area contributed by atoms with E-state index in [4.69, 9.17) is 9.72 Å². The number of aromatic nitrogens is 2. The van der Waals surface area contributed by atoms with Gasteiger partial charge >= 0.3 is 0 Å². The summed E-state index contributed by atoms with van der Waals surface area (Å²) in [6.07, 6.45) is -0.263. The van der Waals surface area contributed by atoms with Gasteiger partial charge in [0, 0.05) is 25.6 Å². The Labute approximate surface area is 126 Å². The molecule has 21 heavy (non-hydrogen) atoms. The molecule has 1 aromatic carbocycles. The Bertz CT molecular complexity index is 591. The third-order valence-electron chi connectivity index (χ3n) is 3.34. The van der Waals surface area contributed by atoms with Crippen LogP contribution in [0.3, 0.4) is 0 Å². The van der Waals surface area contributed by atoms with Gasteiger partial charge in [0.1, 0.15) is 11.9 Å². The van der Waals surface area contributed by atoms with Crippen LogP contribution in [-0.2, 0) is 10.2 Å². The number of ether oxygens (including phenoxy) is 1. The summed E-state index contributed by atoms with van der Waals surface area (Å²) < 4.78 is 5.64. The minimum absolute atomic E-state index is 0.0434. The van der Waals surface area contributed by atoms with E-state index in [1.165, 1.54) is 0 Å². The van der Waals surface area contributed by atoms with Crippen LogP contribution >= 0.6 is 0 Å². The molecule has 0 saturated carbocycles. The molecule has 1 heterocycles. The van der Waals surface area contributed by atoms with Gasteiger partial charge in [0.2, 0.25) is 0 Å². The van der Waals surface area contributed by atoms with E-state index in [1.807, 2.05) is 43.4 Å². The molecule has 1 N–H and O–H groups in total. The summed E-state index contributed by atoms with van der Waals surface area (Å²) in [5, 5.41) is 3.10. The first kappa shape index (κ1) is 15.4. The average Bonchev–Trinajstić information content (AvgIpc) is 2.48. The molecule has 2 rings (SSSR count). The normalized spacial score (nSPS) is 13.0. The monoisotopic (exact) mass is 285 g/mol. The summed E-state index contributed by atoms with van der Waals surface area (Å²) in [6, 6.07) is 12.0. The van der Waals surface area contributed by atoms with Gasteiger partial charge in [0.25, 0.3) is 0 Å². The van der Waals surface area contributed by atoms with Crippen LogP contribution in [0.25, 0.3) is 0 Å². The number of hydrogen-bond acceptors (Lipinski definition) is 4. The summed E-state index contributed by atoms with van der Waals surface area (Å²) >= 11 is 0. The summed E-state index contributed by atoms with van der Waals surface area (Å²) in [5.74, 6) is 1.49. The van der Waals surface area contributed by atoms with Crippen LogP contribution in [0, 0.1) is 0 Å². The van der Waals surface area contributed by atoms with Crippen molar-refractivity contribution in [3.05, 3.63) is 53.5 Å². The van der Waals surface area contributed by atoms with Crippen molar-refractivity contribution in [1.29, 1.82) is 0 Å². The zero-order valence-electron chi connectivity index (χ0n) is 13.3. The van der Waals surface area contributed by atoms with Crippen molar-refractivity contribution < 1.29 is 4.74 Å². The molecule has 0 spiro atoms.